The summed E-state index contributed by atoms with van der Waals surface area (Å²) in [5, 5.41) is 94.1. The van der Waals surface area contributed by atoms with Gasteiger partial charge in [-0.25, -0.2) is 4.98 Å². The summed E-state index contributed by atoms with van der Waals surface area (Å²) < 4.78 is 11.6. The Labute approximate surface area is 428 Å². The number of aliphatic imine (C=N–C) groups is 2. The third-order valence-electron chi connectivity index (χ3n) is 13.3. The van der Waals surface area contributed by atoms with Crippen LogP contribution in [-0.4, -0.2) is 211 Å². The second-order valence-corrected chi connectivity index (χ2v) is 18.9. The minimum Gasteiger partial charge on any atom is -0.437 e. The van der Waals surface area contributed by atoms with Crippen molar-refractivity contribution in [1.29, 1.82) is 0 Å². The zero-order valence-corrected chi connectivity index (χ0v) is 40.9. The van der Waals surface area contributed by atoms with E-state index < -0.39 is 159 Å². The summed E-state index contributed by atoms with van der Waals surface area (Å²) in [6, 6.07) is 1.34. The maximum Gasteiger partial charge on any atom is 0.246 e. The average Bonchev–Trinajstić information content (AvgIpc) is 4.12. The molecule has 75 heavy (non-hydrogen) atoms. The molecule has 15 atom stereocenters. The number of aliphatic hydroxyl groups is 7. The van der Waals surface area contributed by atoms with E-state index in [1.54, 1.807) is 61.5 Å². The number of rotatable bonds is 12. The summed E-state index contributed by atoms with van der Waals surface area (Å²) in [5.74, 6) is -7.84. The van der Waals surface area contributed by atoms with Crippen molar-refractivity contribution in [3.05, 3.63) is 71.1 Å². The first kappa shape index (κ1) is 55.4. The predicted molar refractivity (Wildman–Crippen MR) is 263 cm³/mol. The molecule has 4 aliphatic rings. The second kappa shape index (κ2) is 23.9. The van der Waals surface area contributed by atoms with Crippen LogP contribution in [0.5, 0.6) is 0 Å². The number of nitrogens with two attached hydrogens (primary N) is 2. The first-order valence-electron chi connectivity index (χ1n) is 24.0. The first-order valence-corrected chi connectivity index (χ1v) is 24.0. The highest BCUT2D eigenvalue weighted by atomic mass is 16.6. The van der Waals surface area contributed by atoms with E-state index in [1.807, 2.05) is 13.8 Å². The van der Waals surface area contributed by atoms with Crippen molar-refractivity contribution in [2.45, 2.75) is 118 Å². The van der Waals surface area contributed by atoms with E-state index in [0.717, 1.165) is 10.5 Å². The number of allylic oxidation sites excluding steroid dienone is 1. The van der Waals surface area contributed by atoms with E-state index >= 15 is 0 Å². The predicted octanol–water partition coefficient (Wildman–Crippen LogP) is -7.05. The monoisotopic (exact) mass is 1050 g/mol. The lowest BCUT2D eigenvalue weighted by atomic mass is 9.92. The largest absolute Gasteiger partial charge is 0.437 e. The summed E-state index contributed by atoms with van der Waals surface area (Å²) in [5.41, 5.74) is 14.8. The molecule has 0 unspecified atom stereocenters. The van der Waals surface area contributed by atoms with Crippen LogP contribution in [0.2, 0.25) is 0 Å². The Balaban J connectivity index is 1.29. The molecule has 28 heteroatoms. The van der Waals surface area contributed by atoms with Gasteiger partial charge in [-0.2, -0.15) is 0 Å². The summed E-state index contributed by atoms with van der Waals surface area (Å²) in [7, 11) is 0. The van der Waals surface area contributed by atoms with Crippen molar-refractivity contribution in [3.63, 3.8) is 0 Å². The van der Waals surface area contributed by atoms with Gasteiger partial charge in [0.05, 0.1) is 44.9 Å². The topological polar surface area (TPSA) is 443 Å². The van der Waals surface area contributed by atoms with Gasteiger partial charge < -0.3 is 98.5 Å². The van der Waals surface area contributed by atoms with Gasteiger partial charge >= 0.3 is 0 Å². The van der Waals surface area contributed by atoms with Crippen molar-refractivity contribution in [2.75, 3.05) is 32.8 Å². The number of hydrogen-bond acceptors (Lipinski definition) is 22. The van der Waals surface area contributed by atoms with Crippen LogP contribution in [0.1, 0.15) is 43.7 Å². The molecule has 406 valence electrons. The molecule has 6 amide bonds. The Morgan fingerprint density at radius 3 is 2.09 bits per heavy atom. The van der Waals surface area contributed by atoms with Crippen LogP contribution >= 0.6 is 0 Å². The molecular formula is C47H63N13O15. The fourth-order valence-corrected chi connectivity index (χ4v) is 9.13. The number of carbonyl (C=O) groups is 6. The minimum atomic E-state index is -2.26. The van der Waals surface area contributed by atoms with Crippen molar-refractivity contribution in [1.82, 2.24) is 47.1 Å². The Morgan fingerprint density at radius 2 is 1.43 bits per heavy atom. The molecule has 4 aliphatic heterocycles. The van der Waals surface area contributed by atoms with Gasteiger partial charge in [-0.15, -0.1) is 0 Å². The standard InChI is InChI=1S/C47H63N13O15/c1-19(2)11-31-53-23-10-9-21(13-28(23)74-31)12-24-41(70)58-33(35(64)25-14-51-46(48)56-25)44(73)59-34(36(65)27-15-52-47(49)60(27)45-39(68)38(67)37(66)29(18-62)75-45)43(72)55-26(17-61)40(69)50-16-30(63)57-32(42(71)54-24)20(3)22-7-5-4-6-8-22/h4-11,13,20,24-27,29,32-39,45,61-62,64-68H,12,14-18H2,1-3H3,(H2,49,52)(H,50,69)(H,54,71)(H,55,72)(H,57,63)(H,58,70)(H,59,73)(H3,48,51,56)/t20-,24+,25-,26-,27-,29+,32-,33-,34+,35+,36-,37+,38-,39-,45-/m0/s1. The Hall–Kier alpha value is -7.31. The van der Waals surface area contributed by atoms with Gasteiger partial charge in [-0.05, 0) is 43.2 Å². The minimum absolute atomic E-state index is 0.139. The number of nitrogens with one attached hydrogen (secondary N) is 7. The van der Waals surface area contributed by atoms with Gasteiger partial charge in [0.1, 0.15) is 72.3 Å². The molecule has 0 saturated carbocycles. The van der Waals surface area contributed by atoms with Crippen molar-refractivity contribution in [2.24, 2.45) is 21.5 Å². The van der Waals surface area contributed by atoms with Crippen LogP contribution in [0, 0.1) is 0 Å². The second-order valence-electron chi connectivity index (χ2n) is 18.9. The molecule has 3 aromatic rings. The van der Waals surface area contributed by atoms with Crippen LogP contribution in [0.15, 0.2) is 68.5 Å². The van der Waals surface area contributed by atoms with E-state index in [4.69, 9.17) is 20.6 Å². The Morgan fingerprint density at radius 1 is 0.760 bits per heavy atom. The lowest BCUT2D eigenvalue weighted by Crippen LogP contribution is -2.70. The number of amides is 6. The third kappa shape index (κ3) is 12.6. The molecule has 2 aromatic carbocycles. The molecule has 0 spiro atoms. The van der Waals surface area contributed by atoms with Crippen LogP contribution < -0.4 is 48.7 Å². The van der Waals surface area contributed by atoms with E-state index in [9.17, 15) is 64.5 Å². The summed E-state index contributed by atoms with van der Waals surface area (Å²) in [6.07, 6.45) is -11.8. The Bertz CT molecular complexity index is 2680. The normalized spacial score (nSPS) is 30.7. The van der Waals surface area contributed by atoms with Crippen molar-refractivity contribution < 1.29 is 73.7 Å². The third-order valence-corrected chi connectivity index (χ3v) is 13.3. The highest BCUT2D eigenvalue weighted by molar-refractivity contribution is 5.98. The number of benzene rings is 2. The van der Waals surface area contributed by atoms with Crippen LogP contribution in [0.4, 0.5) is 0 Å². The maximum absolute atomic E-state index is 14.9. The number of ether oxygens (including phenoxy) is 1. The van der Waals surface area contributed by atoms with E-state index in [0.29, 0.717) is 28.1 Å². The van der Waals surface area contributed by atoms with Gasteiger partial charge in [0.25, 0.3) is 0 Å². The van der Waals surface area contributed by atoms with Crippen LogP contribution in [0.3, 0.4) is 0 Å². The number of oxazole rings is 1. The lowest BCUT2D eigenvalue weighted by molar-refractivity contribution is -0.260. The summed E-state index contributed by atoms with van der Waals surface area (Å²) in [6.45, 7) is 1.83. The number of guanidine groups is 2. The molecular weight excluding hydrogens is 987 g/mol. The van der Waals surface area contributed by atoms with E-state index in [1.165, 1.54) is 0 Å². The van der Waals surface area contributed by atoms with E-state index in [2.05, 4.69) is 52.2 Å². The molecule has 2 saturated heterocycles. The van der Waals surface area contributed by atoms with Gasteiger partial charge in [0.15, 0.2) is 23.7 Å². The summed E-state index contributed by atoms with van der Waals surface area (Å²) in [4.78, 5) is 99.8. The molecule has 1 aromatic heterocycles. The van der Waals surface area contributed by atoms with Crippen molar-refractivity contribution in [3.8, 4) is 0 Å². The fraction of sp³-hybridized carbons (Fsp3) is 0.511. The first-order chi connectivity index (χ1) is 35.7. The number of aromatic nitrogens is 1. The molecule has 0 bridgehead atoms. The number of carbonyl (C=O) groups excluding carboxylic acids is 6. The van der Waals surface area contributed by atoms with Gasteiger partial charge in [0.2, 0.25) is 41.3 Å². The smallest absolute Gasteiger partial charge is 0.246 e. The zero-order chi connectivity index (χ0) is 54.4. The molecule has 18 N–H and O–H groups in total. The fourth-order valence-electron chi connectivity index (χ4n) is 9.13. The van der Waals surface area contributed by atoms with Gasteiger partial charge in [0, 0.05) is 12.3 Å². The quantitative estimate of drug-likeness (QED) is 0.0801. The maximum atomic E-state index is 14.9. The number of aliphatic hydroxyl groups excluding tert-OH is 7. The summed E-state index contributed by atoms with van der Waals surface area (Å²) >= 11 is 0. The SMILES string of the molecule is CC(C)=Cc1nc2ccc(C[C@H]3NC(=O)[C@H]([C@@H](C)c4ccccc4)NC(=O)CNC(=O)[C@H](CO)NC(=O)[C@@H]([C@@H](O)[C@@H]4CN=C(N)N4[C@H]4O[C@H](CO)[C@@H](O)[C@H](O)[C@@H]4O)NC(=O)[C@H]([C@H](O)[C@@H]4CN=C(N)N4)NC3=O)cc2o1. The highest BCUT2D eigenvalue weighted by Crippen LogP contribution is 2.29. The average molecular weight is 1050 g/mol. The molecule has 0 aliphatic carbocycles. The van der Waals surface area contributed by atoms with Gasteiger partial charge in [-0.3, -0.25) is 38.8 Å². The van der Waals surface area contributed by atoms with Crippen LogP contribution in [0.25, 0.3) is 17.2 Å². The van der Waals surface area contributed by atoms with E-state index in [-0.39, 0.29) is 18.9 Å². The number of nitrogens with zero attached hydrogens (tertiary/aromatic N) is 4. The van der Waals surface area contributed by atoms with Gasteiger partial charge in [-0.1, -0.05) is 48.9 Å². The molecule has 28 nitrogen and oxygen atoms in total. The molecule has 2 fully saturated rings. The van der Waals surface area contributed by atoms with Crippen molar-refractivity contribution >= 4 is 64.5 Å². The lowest BCUT2D eigenvalue weighted by Gasteiger charge is -2.46. The Kier molecular flexibility index (Phi) is 17.7. The molecule has 7 rings (SSSR count). The number of fused-ring (bicyclic) bond motifs is 1. The highest BCUT2D eigenvalue weighted by Gasteiger charge is 2.52. The zero-order valence-electron chi connectivity index (χ0n) is 40.9. The van der Waals surface area contributed by atoms with Crippen LogP contribution in [-0.2, 0) is 39.9 Å². The molecule has 0 radical (unpaired) electrons. The molecule has 5 heterocycles. The number of hydrogen-bond donors (Lipinski definition) is 16.